The number of H-pyrrole nitrogens is 1. The van der Waals surface area contributed by atoms with Gasteiger partial charge in [-0.15, -0.1) is 0 Å². The number of aromatic nitrogens is 2. The standard InChI is InChI=1S/C24H18ClF2N3O2/c1-2-3-20(31)30-19-9-8-18(26)21(22(19)27)23(32)17-12-29-24-16(17)10-14(11-28-24)13-4-6-15(25)7-5-13/h4-12H,2-3H2,1H3,(H,28,29)(H,30,31). The fourth-order valence-corrected chi connectivity index (χ4v) is 3.55. The molecule has 0 aliphatic carbocycles. The molecule has 0 saturated carbocycles. The second-order valence-electron chi connectivity index (χ2n) is 7.24. The average molecular weight is 454 g/mol. The van der Waals surface area contributed by atoms with E-state index in [0.29, 0.717) is 28.0 Å². The molecule has 0 unspecified atom stereocenters. The normalized spacial score (nSPS) is 11.0. The zero-order valence-corrected chi connectivity index (χ0v) is 17.8. The van der Waals surface area contributed by atoms with Crippen molar-refractivity contribution in [3.63, 3.8) is 0 Å². The van der Waals surface area contributed by atoms with E-state index < -0.39 is 28.9 Å². The minimum atomic E-state index is -1.12. The molecule has 2 N–H and O–H groups in total. The van der Waals surface area contributed by atoms with Crippen molar-refractivity contribution in [2.75, 3.05) is 5.32 Å². The van der Waals surface area contributed by atoms with Crippen LogP contribution >= 0.6 is 11.6 Å². The van der Waals surface area contributed by atoms with Crippen LogP contribution in [0.2, 0.25) is 5.02 Å². The second kappa shape index (κ2) is 8.88. The van der Waals surface area contributed by atoms with Gasteiger partial charge in [0.05, 0.1) is 11.3 Å². The van der Waals surface area contributed by atoms with Crippen molar-refractivity contribution < 1.29 is 18.4 Å². The lowest BCUT2D eigenvalue weighted by atomic mass is 9.99. The summed E-state index contributed by atoms with van der Waals surface area (Å²) in [6, 6.07) is 10.9. The number of rotatable bonds is 6. The SMILES string of the molecule is CCCC(=O)Nc1ccc(F)c(C(=O)c2c[nH]c3ncc(-c4ccc(Cl)cc4)cc23)c1F. The first-order valence-corrected chi connectivity index (χ1v) is 10.3. The largest absolute Gasteiger partial charge is 0.345 e. The minimum absolute atomic E-state index is 0.0677. The summed E-state index contributed by atoms with van der Waals surface area (Å²) in [4.78, 5) is 32.2. The van der Waals surface area contributed by atoms with Gasteiger partial charge in [0.1, 0.15) is 11.5 Å². The van der Waals surface area contributed by atoms with Gasteiger partial charge in [0.15, 0.2) is 5.82 Å². The second-order valence-corrected chi connectivity index (χ2v) is 7.68. The van der Waals surface area contributed by atoms with Crippen molar-refractivity contribution in [3.05, 3.63) is 82.6 Å². The highest BCUT2D eigenvalue weighted by Gasteiger charge is 2.25. The van der Waals surface area contributed by atoms with Gasteiger partial charge in [-0.3, -0.25) is 9.59 Å². The predicted octanol–water partition coefficient (Wildman–Crippen LogP) is 6.13. The van der Waals surface area contributed by atoms with E-state index >= 15 is 4.39 Å². The molecule has 162 valence electrons. The molecule has 8 heteroatoms. The summed E-state index contributed by atoms with van der Waals surface area (Å²) in [5.74, 6) is -3.40. The molecule has 4 aromatic rings. The van der Waals surface area contributed by atoms with Crippen molar-refractivity contribution in [1.82, 2.24) is 9.97 Å². The number of amides is 1. The number of fused-ring (bicyclic) bond motifs is 1. The predicted molar refractivity (Wildman–Crippen MR) is 120 cm³/mol. The molecule has 2 aromatic heterocycles. The maximum absolute atomic E-state index is 15.0. The number of hydrogen-bond acceptors (Lipinski definition) is 3. The molecule has 2 aromatic carbocycles. The van der Waals surface area contributed by atoms with E-state index in [-0.39, 0.29) is 17.7 Å². The van der Waals surface area contributed by atoms with Crippen LogP contribution in [0.1, 0.15) is 35.7 Å². The van der Waals surface area contributed by atoms with Crippen LogP contribution in [-0.2, 0) is 4.79 Å². The Kier molecular flexibility index (Phi) is 6.01. The molecule has 0 aliphatic rings. The summed E-state index contributed by atoms with van der Waals surface area (Å²) in [6.45, 7) is 1.80. The number of hydrogen-bond donors (Lipinski definition) is 2. The maximum atomic E-state index is 15.0. The van der Waals surface area contributed by atoms with Crippen LogP contribution in [0.5, 0.6) is 0 Å². The number of benzene rings is 2. The van der Waals surface area contributed by atoms with Gasteiger partial charge >= 0.3 is 0 Å². The van der Waals surface area contributed by atoms with Crippen LogP contribution in [0.4, 0.5) is 14.5 Å². The quantitative estimate of drug-likeness (QED) is 0.345. The van der Waals surface area contributed by atoms with Crippen molar-refractivity contribution in [2.45, 2.75) is 19.8 Å². The van der Waals surface area contributed by atoms with Crippen molar-refractivity contribution >= 4 is 40.0 Å². The highest BCUT2D eigenvalue weighted by atomic mass is 35.5. The van der Waals surface area contributed by atoms with E-state index in [9.17, 15) is 14.0 Å². The van der Waals surface area contributed by atoms with Gasteiger partial charge < -0.3 is 10.3 Å². The molecule has 0 bridgehead atoms. The first-order chi connectivity index (χ1) is 15.4. The third kappa shape index (κ3) is 4.11. The van der Waals surface area contributed by atoms with Gasteiger partial charge in [-0.05, 0) is 42.3 Å². The smallest absolute Gasteiger partial charge is 0.224 e. The third-order valence-corrected chi connectivity index (χ3v) is 5.27. The Balaban J connectivity index is 1.76. The van der Waals surface area contributed by atoms with Crippen LogP contribution in [0.15, 0.2) is 54.9 Å². The van der Waals surface area contributed by atoms with Crippen LogP contribution in [0, 0.1) is 11.6 Å². The monoisotopic (exact) mass is 453 g/mol. The maximum Gasteiger partial charge on any atom is 0.224 e. The fraction of sp³-hybridized carbons (Fsp3) is 0.125. The number of aromatic amines is 1. The molecule has 0 aliphatic heterocycles. The third-order valence-electron chi connectivity index (χ3n) is 5.02. The number of nitrogens with one attached hydrogen (secondary N) is 2. The van der Waals surface area contributed by atoms with E-state index in [4.69, 9.17) is 11.6 Å². The highest BCUT2D eigenvalue weighted by molar-refractivity contribution is 6.30. The topological polar surface area (TPSA) is 74.8 Å². The van der Waals surface area contributed by atoms with Gasteiger partial charge in [0.2, 0.25) is 11.7 Å². The molecular formula is C24H18ClF2N3O2. The molecule has 0 saturated heterocycles. The summed E-state index contributed by atoms with van der Waals surface area (Å²) in [5, 5.41) is 3.39. The first-order valence-electron chi connectivity index (χ1n) is 9.94. The Labute approximate surface area is 187 Å². The molecule has 2 heterocycles. The van der Waals surface area contributed by atoms with Gasteiger partial charge in [0, 0.05) is 40.4 Å². The van der Waals surface area contributed by atoms with Gasteiger partial charge in [-0.2, -0.15) is 0 Å². The molecular weight excluding hydrogens is 436 g/mol. The van der Waals surface area contributed by atoms with Crippen molar-refractivity contribution in [3.8, 4) is 11.1 Å². The molecule has 0 radical (unpaired) electrons. The van der Waals surface area contributed by atoms with Crippen LogP contribution in [0.25, 0.3) is 22.2 Å². The minimum Gasteiger partial charge on any atom is -0.345 e. The molecule has 5 nitrogen and oxygen atoms in total. The van der Waals surface area contributed by atoms with Crippen LogP contribution in [0.3, 0.4) is 0 Å². The molecule has 1 amide bonds. The number of nitrogens with zero attached hydrogens (tertiary/aromatic N) is 1. The lowest BCUT2D eigenvalue weighted by Gasteiger charge is -2.10. The van der Waals surface area contributed by atoms with E-state index in [1.807, 2.05) is 0 Å². The van der Waals surface area contributed by atoms with Gasteiger partial charge in [-0.25, -0.2) is 13.8 Å². The van der Waals surface area contributed by atoms with E-state index in [1.54, 1.807) is 43.5 Å². The van der Waals surface area contributed by atoms with E-state index in [1.165, 1.54) is 6.20 Å². The van der Waals surface area contributed by atoms with Gasteiger partial charge in [-0.1, -0.05) is 30.7 Å². The van der Waals surface area contributed by atoms with Crippen molar-refractivity contribution in [2.24, 2.45) is 0 Å². The molecule has 4 rings (SSSR count). The summed E-state index contributed by atoms with van der Waals surface area (Å²) in [7, 11) is 0. The summed E-state index contributed by atoms with van der Waals surface area (Å²) >= 11 is 5.94. The Bertz CT molecular complexity index is 1330. The van der Waals surface area contributed by atoms with E-state index in [0.717, 1.165) is 17.7 Å². The summed E-state index contributed by atoms with van der Waals surface area (Å²) in [6.07, 6.45) is 3.74. The molecule has 0 spiro atoms. The van der Waals surface area contributed by atoms with E-state index in [2.05, 4.69) is 15.3 Å². The number of pyridine rings is 1. The van der Waals surface area contributed by atoms with Crippen LogP contribution < -0.4 is 5.32 Å². The Hall–Kier alpha value is -3.58. The average Bonchev–Trinajstić information content (AvgIpc) is 3.20. The zero-order chi connectivity index (χ0) is 22.8. The Morgan fingerprint density at radius 2 is 1.84 bits per heavy atom. The molecule has 0 atom stereocenters. The number of anilines is 1. The molecule has 32 heavy (non-hydrogen) atoms. The number of carbonyl (C=O) groups excluding carboxylic acids is 2. The number of ketones is 1. The Morgan fingerprint density at radius 1 is 1.09 bits per heavy atom. The fourth-order valence-electron chi connectivity index (χ4n) is 3.42. The van der Waals surface area contributed by atoms with Crippen molar-refractivity contribution in [1.29, 1.82) is 0 Å². The number of carbonyl (C=O) groups is 2. The molecule has 0 fully saturated rings. The lowest BCUT2D eigenvalue weighted by Crippen LogP contribution is -2.15. The Morgan fingerprint density at radius 3 is 2.56 bits per heavy atom. The summed E-state index contributed by atoms with van der Waals surface area (Å²) < 4.78 is 29.6. The van der Waals surface area contributed by atoms with Crippen LogP contribution in [-0.4, -0.2) is 21.7 Å². The lowest BCUT2D eigenvalue weighted by molar-refractivity contribution is -0.116. The summed E-state index contributed by atoms with van der Waals surface area (Å²) in [5.41, 5.74) is 1.02. The first kappa shape index (κ1) is 21.6. The highest BCUT2D eigenvalue weighted by Crippen LogP contribution is 2.29. The number of halogens is 3. The van der Waals surface area contributed by atoms with Gasteiger partial charge in [0.25, 0.3) is 0 Å². The zero-order valence-electron chi connectivity index (χ0n) is 17.0.